The van der Waals surface area contributed by atoms with E-state index < -0.39 is 0 Å². The first-order valence-corrected chi connectivity index (χ1v) is 3.75. The van der Waals surface area contributed by atoms with E-state index in [1.807, 2.05) is 12.1 Å². The Kier molecular flexibility index (Phi) is 2.59. The summed E-state index contributed by atoms with van der Waals surface area (Å²) in [5.74, 6) is 0. The van der Waals surface area contributed by atoms with Gasteiger partial charge in [0.2, 0.25) is 0 Å². The van der Waals surface area contributed by atoms with Crippen LogP contribution in [0.3, 0.4) is 0 Å². The van der Waals surface area contributed by atoms with E-state index >= 15 is 0 Å². The first kappa shape index (κ1) is 7.70. The molecule has 0 bridgehead atoms. The molecule has 0 radical (unpaired) electrons. The number of nitrogens with zero attached hydrogens (tertiary/aromatic N) is 1. The zero-order valence-electron chi connectivity index (χ0n) is 5.65. The maximum Gasteiger partial charge on any atom is 0.152 e. The van der Waals surface area contributed by atoms with Crippen LogP contribution in [0.25, 0.3) is 0 Å². The zero-order chi connectivity index (χ0) is 8.10. The van der Waals surface area contributed by atoms with Gasteiger partial charge in [0.25, 0.3) is 0 Å². The fourth-order valence-corrected chi connectivity index (χ4v) is 0.990. The van der Waals surface area contributed by atoms with Crippen LogP contribution in [-0.2, 0) is 11.3 Å². The summed E-state index contributed by atoms with van der Waals surface area (Å²) in [6, 6.07) is 10.7. The molecule has 2 nitrogen and oxygen atoms in total. The summed E-state index contributed by atoms with van der Waals surface area (Å²) in [6.45, 7) is 0. The zero-order valence-corrected chi connectivity index (χ0v) is 6.47. The average Bonchev–Trinajstić information content (AvgIpc) is 2.09. The van der Waals surface area contributed by atoms with Crippen LogP contribution in [-0.4, -0.2) is 9.07 Å². The topological polar surface area (TPSA) is 40.9 Å². The summed E-state index contributed by atoms with van der Waals surface area (Å²) >= 11 is 0.229. The van der Waals surface area contributed by atoms with Crippen molar-refractivity contribution in [2.75, 3.05) is 0 Å². The summed E-state index contributed by atoms with van der Waals surface area (Å²) in [5.41, 5.74) is 0.690. The van der Waals surface area contributed by atoms with Crippen molar-refractivity contribution in [1.29, 1.82) is 5.26 Å². The van der Waals surface area contributed by atoms with Crippen molar-refractivity contribution < 1.29 is 4.21 Å². The van der Waals surface area contributed by atoms with Crippen LogP contribution in [0, 0.1) is 11.3 Å². The predicted octanol–water partition coefficient (Wildman–Crippen LogP) is 0.944. The molecule has 0 aliphatic heterocycles. The Balaban J connectivity index is 3.15. The lowest BCUT2D eigenvalue weighted by Crippen LogP contribution is -1.94. The maximum atomic E-state index is 10.3. The van der Waals surface area contributed by atoms with Gasteiger partial charge in [0.15, 0.2) is 4.86 Å². The van der Waals surface area contributed by atoms with E-state index in [1.54, 1.807) is 24.3 Å². The van der Waals surface area contributed by atoms with E-state index in [0.717, 1.165) is 0 Å². The Labute approximate surface area is 68.2 Å². The predicted molar refractivity (Wildman–Crippen MR) is 44.3 cm³/mol. The van der Waals surface area contributed by atoms with Crippen LogP contribution in [0.4, 0.5) is 0 Å². The first-order chi connectivity index (χ1) is 5.38. The molecular weight excluding hydrogens is 158 g/mol. The molecule has 11 heavy (non-hydrogen) atoms. The summed E-state index contributed by atoms with van der Waals surface area (Å²) in [7, 11) is 0. The van der Waals surface area contributed by atoms with Crippen molar-refractivity contribution in [2.24, 2.45) is 0 Å². The van der Waals surface area contributed by atoms with Crippen molar-refractivity contribution in [1.82, 2.24) is 0 Å². The molecule has 0 spiro atoms. The number of hydrogen-bond acceptors (Lipinski definition) is 2. The van der Waals surface area contributed by atoms with Gasteiger partial charge in [-0.1, -0.05) is 30.3 Å². The smallest absolute Gasteiger partial charge is 0.152 e. The van der Waals surface area contributed by atoms with Gasteiger partial charge in [0.1, 0.15) is 17.3 Å². The highest BCUT2D eigenvalue weighted by Crippen LogP contribution is 1.97. The Morgan fingerprint density at radius 3 is 2.45 bits per heavy atom. The molecule has 1 aromatic rings. The Morgan fingerprint density at radius 2 is 2.00 bits per heavy atom. The third kappa shape index (κ3) is 1.76. The molecule has 0 amide bonds. The van der Waals surface area contributed by atoms with Crippen LogP contribution in [0.5, 0.6) is 0 Å². The highest BCUT2D eigenvalue weighted by Gasteiger charge is 1.97. The van der Waals surface area contributed by atoms with Crippen molar-refractivity contribution in [3.63, 3.8) is 0 Å². The van der Waals surface area contributed by atoms with E-state index in [4.69, 9.17) is 5.26 Å². The van der Waals surface area contributed by atoms with Gasteiger partial charge in [-0.2, -0.15) is 5.26 Å². The lowest BCUT2D eigenvalue weighted by molar-refractivity contribution is 0.701. The van der Waals surface area contributed by atoms with E-state index in [9.17, 15) is 4.21 Å². The molecule has 1 rings (SSSR count). The Morgan fingerprint density at radius 1 is 1.36 bits per heavy atom. The van der Waals surface area contributed by atoms with E-state index in [0.29, 0.717) is 5.56 Å². The second kappa shape index (κ2) is 3.69. The standard InChI is InChI=1S/C8H5NOS/c9-6-8(11-10)7-4-2-1-3-5-7/h1-5H. The summed E-state index contributed by atoms with van der Waals surface area (Å²) in [4.78, 5) is 0.214. The number of benzene rings is 1. The third-order valence-electron chi connectivity index (χ3n) is 1.22. The first-order valence-electron chi connectivity index (χ1n) is 3.01. The molecule has 0 fully saturated rings. The SMILES string of the molecule is N#CC(=S=O)c1ccccc1. The van der Waals surface area contributed by atoms with Crippen molar-refractivity contribution in [3.8, 4) is 6.07 Å². The molecule has 0 N–H and O–H groups in total. The third-order valence-corrected chi connectivity index (χ3v) is 1.71. The number of nitriles is 1. The van der Waals surface area contributed by atoms with Gasteiger partial charge in [-0.15, -0.1) is 0 Å². The highest BCUT2D eigenvalue weighted by atomic mass is 32.1. The summed E-state index contributed by atoms with van der Waals surface area (Å²) < 4.78 is 10.3. The van der Waals surface area contributed by atoms with Crippen molar-refractivity contribution in [3.05, 3.63) is 35.9 Å². The fourth-order valence-electron chi connectivity index (χ4n) is 0.721. The minimum Gasteiger partial charge on any atom is -0.211 e. The normalized spacial score (nSPS) is 8.27. The van der Waals surface area contributed by atoms with Crippen molar-refractivity contribution >= 4 is 16.1 Å². The molecule has 1 aromatic carbocycles. The van der Waals surface area contributed by atoms with E-state index in [1.165, 1.54) is 0 Å². The average molecular weight is 163 g/mol. The molecule has 0 aromatic heterocycles. The second-order valence-corrected chi connectivity index (χ2v) is 2.47. The maximum absolute atomic E-state index is 10.3. The minimum absolute atomic E-state index is 0.214. The van der Waals surface area contributed by atoms with Crippen LogP contribution < -0.4 is 0 Å². The molecule has 0 saturated carbocycles. The Hall–Kier alpha value is -1.40. The van der Waals surface area contributed by atoms with Gasteiger partial charge < -0.3 is 0 Å². The van der Waals surface area contributed by atoms with Crippen LogP contribution >= 0.6 is 0 Å². The molecule has 0 heterocycles. The molecule has 3 heteroatoms. The monoisotopic (exact) mass is 163 g/mol. The Bertz CT molecular complexity index is 333. The second-order valence-electron chi connectivity index (χ2n) is 1.89. The molecule has 0 saturated heterocycles. The molecular formula is C8H5NOS. The molecule has 0 atom stereocenters. The van der Waals surface area contributed by atoms with Gasteiger partial charge >= 0.3 is 0 Å². The lowest BCUT2D eigenvalue weighted by Gasteiger charge is -1.90. The van der Waals surface area contributed by atoms with E-state index in [-0.39, 0.29) is 16.1 Å². The lowest BCUT2D eigenvalue weighted by atomic mass is 10.2. The minimum atomic E-state index is 0.214. The summed E-state index contributed by atoms with van der Waals surface area (Å²) in [6.07, 6.45) is 0. The largest absolute Gasteiger partial charge is 0.211 e. The molecule has 0 unspecified atom stereocenters. The highest BCUT2D eigenvalue weighted by molar-refractivity contribution is 7.67. The number of rotatable bonds is 1. The molecule has 0 aliphatic rings. The van der Waals surface area contributed by atoms with Gasteiger partial charge in [-0.3, -0.25) is 0 Å². The van der Waals surface area contributed by atoms with Crippen LogP contribution in [0.2, 0.25) is 0 Å². The van der Waals surface area contributed by atoms with E-state index in [2.05, 4.69) is 0 Å². The quantitative estimate of drug-likeness (QED) is 0.456. The van der Waals surface area contributed by atoms with Gasteiger partial charge in [-0.25, -0.2) is 4.21 Å². The molecule has 54 valence electrons. The summed E-state index contributed by atoms with van der Waals surface area (Å²) in [5, 5.41) is 8.47. The number of hydrogen-bond donors (Lipinski definition) is 0. The van der Waals surface area contributed by atoms with Gasteiger partial charge in [-0.05, 0) is 0 Å². The fraction of sp³-hybridized carbons (Fsp3) is 0. The van der Waals surface area contributed by atoms with Gasteiger partial charge in [0.05, 0.1) is 0 Å². The van der Waals surface area contributed by atoms with Crippen LogP contribution in [0.1, 0.15) is 5.56 Å². The van der Waals surface area contributed by atoms with Crippen molar-refractivity contribution in [2.45, 2.75) is 0 Å². The van der Waals surface area contributed by atoms with Gasteiger partial charge in [0, 0.05) is 5.56 Å². The van der Waals surface area contributed by atoms with Crippen LogP contribution in [0.15, 0.2) is 30.3 Å². The molecule has 0 aliphatic carbocycles.